The first-order valence-corrected chi connectivity index (χ1v) is 7.57. The number of halogens is 2. The van der Waals surface area contributed by atoms with Crippen LogP contribution in [0.4, 0.5) is 0 Å². The standard InChI is InChI=1S/C13H15Cl2NO2S/c1-18-12(17)13(16)5-4-9(7-13)19-8-2-3-10(14)11(15)6-8/h2-3,6,9H,4-5,7,16H2,1H3. The Bertz CT molecular complexity index is 498. The lowest BCUT2D eigenvalue weighted by Gasteiger charge is -2.20. The zero-order valence-electron chi connectivity index (χ0n) is 10.5. The summed E-state index contributed by atoms with van der Waals surface area (Å²) in [4.78, 5) is 12.7. The van der Waals surface area contributed by atoms with Crippen molar-refractivity contribution in [2.45, 2.75) is 34.9 Å². The van der Waals surface area contributed by atoms with Gasteiger partial charge in [-0.1, -0.05) is 23.2 Å². The molecule has 0 aromatic heterocycles. The summed E-state index contributed by atoms with van der Waals surface area (Å²) in [5.41, 5.74) is 5.23. The van der Waals surface area contributed by atoms with E-state index in [1.807, 2.05) is 12.1 Å². The molecule has 1 aliphatic carbocycles. The van der Waals surface area contributed by atoms with Crippen LogP contribution in [-0.2, 0) is 9.53 Å². The number of hydrogen-bond acceptors (Lipinski definition) is 4. The topological polar surface area (TPSA) is 52.3 Å². The van der Waals surface area contributed by atoms with Gasteiger partial charge in [0.25, 0.3) is 0 Å². The maximum Gasteiger partial charge on any atom is 0.325 e. The molecule has 6 heteroatoms. The van der Waals surface area contributed by atoms with Gasteiger partial charge in [0.2, 0.25) is 0 Å². The predicted molar refractivity (Wildman–Crippen MR) is 78.9 cm³/mol. The minimum Gasteiger partial charge on any atom is -0.468 e. The summed E-state index contributed by atoms with van der Waals surface area (Å²) in [5.74, 6) is -0.329. The largest absolute Gasteiger partial charge is 0.468 e. The molecule has 2 unspecified atom stereocenters. The quantitative estimate of drug-likeness (QED) is 0.866. The van der Waals surface area contributed by atoms with E-state index >= 15 is 0 Å². The van der Waals surface area contributed by atoms with E-state index in [0.29, 0.717) is 28.1 Å². The molecule has 1 fully saturated rings. The maximum atomic E-state index is 11.6. The number of esters is 1. The zero-order valence-corrected chi connectivity index (χ0v) is 12.8. The lowest BCUT2D eigenvalue weighted by atomic mass is 10.00. The molecular weight excluding hydrogens is 305 g/mol. The van der Waals surface area contributed by atoms with Crippen LogP contribution < -0.4 is 5.73 Å². The second-order valence-electron chi connectivity index (χ2n) is 4.71. The van der Waals surface area contributed by atoms with Gasteiger partial charge in [-0.25, -0.2) is 0 Å². The van der Waals surface area contributed by atoms with Crippen LogP contribution in [0, 0.1) is 0 Å². The Morgan fingerprint density at radius 3 is 2.84 bits per heavy atom. The van der Waals surface area contributed by atoms with Gasteiger partial charge < -0.3 is 10.5 Å². The molecule has 0 heterocycles. The van der Waals surface area contributed by atoms with Crippen LogP contribution in [0.2, 0.25) is 10.0 Å². The highest BCUT2D eigenvalue weighted by Gasteiger charge is 2.43. The Balaban J connectivity index is 2.02. The maximum absolute atomic E-state index is 11.6. The number of hydrogen-bond donors (Lipinski definition) is 1. The summed E-state index contributed by atoms with van der Waals surface area (Å²) < 4.78 is 4.76. The first-order valence-electron chi connectivity index (χ1n) is 5.93. The molecule has 0 aliphatic heterocycles. The van der Waals surface area contributed by atoms with Crippen molar-refractivity contribution in [3.8, 4) is 0 Å². The number of thioether (sulfide) groups is 1. The highest BCUT2D eigenvalue weighted by atomic mass is 35.5. The van der Waals surface area contributed by atoms with Crippen molar-refractivity contribution in [3.05, 3.63) is 28.2 Å². The van der Waals surface area contributed by atoms with Crippen LogP contribution in [-0.4, -0.2) is 23.9 Å². The normalized spacial score (nSPS) is 26.4. The molecule has 2 N–H and O–H groups in total. The van der Waals surface area contributed by atoms with E-state index in [9.17, 15) is 4.79 Å². The fourth-order valence-electron chi connectivity index (χ4n) is 2.26. The van der Waals surface area contributed by atoms with Gasteiger partial charge in [-0.05, 0) is 37.5 Å². The number of nitrogens with two attached hydrogens (primary N) is 1. The van der Waals surface area contributed by atoms with Gasteiger partial charge in [-0.15, -0.1) is 11.8 Å². The van der Waals surface area contributed by atoms with Gasteiger partial charge in [0.05, 0.1) is 17.2 Å². The molecular formula is C13H15Cl2NO2S. The third kappa shape index (κ3) is 3.37. The highest BCUT2D eigenvalue weighted by molar-refractivity contribution is 8.00. The van der Waals surface area contributed by atoms with E-state index in [4.69, 9.17) is 33.7 Å². The van der Waals surface area contributed by atoms with Gasteiger partial charge in [-0.3, -0.25) is 4.79 Å². The number of rotatable bonds is 3. The first-order chi connectivity index (χ1) is 8.94. The van der Waals surface area contributed by atoms with Gasteiger partial charge >= 0.3 is 5.97 Å². The fraction of sp³-hybridized carbons (Fsp3) is 0.462. The Morgan fingerprint density at radius 2 is 2.21 bits per heavy atom. The van der Waals surface area contributed by atoms with Crippen LogP contribution in [0.5, 0.6) is 0 Å². The SMILES string of the molecule is COC(=O)C1(N)CCC(Sc2ccc(Cl)c(Cl)c2)C1. The molecule has 2 rings (SSSR count). The van der Waals surface area contributed by atoms with Crippen LogP contribution in [0.1, 0.15) is 19.3 Å². The number of methoxy groups -OCH3 is 1. The smallest absolute Gasteiger partial charge is 0.325 e. The summed E-state index contributed by atoms with van der Waals surface area (Å²) in [7, 11) is 1.37. The molecule has 2 atom stereocenters. The fourth-order valence-corrected chi connectivity index (χ4v) is 3.96. The zero-order chi connectivity index (χ0) is 14.0. The van der Waals surface area contributed by atoms with Crippen molar-refractivity contribution < 1.29 is 9.53 Å². The molecule has 19 heavy (non-hydrogen) atoms. The summed E-state index contributed by atoms with van der Waals surface area (Å²) in [6.07, 6.45) is 2.15. The molecule has 1 aromatic rings. The second kappa shape index (κ2) is 5.92. The van der Waals surface area contributed by atoms with E-state index in [0.717, 1.165) is 11.3 Å². The predicted octanol–water partition coefficient (Wildman–Crippen LogP) is 3.51. The van der Waals surface area contributed by atoms with Gasteiger partial charge in [0, 0.05) is 10.1 Å². The van der Waals surface area contributed by atoms with Crippen molar-refractivity contribution >= 4 is 40.9 Å². The molecule has 1 aromatic carbocycles. The number of ether oxygens (including phenoxy) is 1. The summed E-state index contributed by atoms with van der Waals surface area (Å²) in [6.45, 7) is 0. The molecule has 1 saturated carbocycles. The van der Waals surface area contributed by atoms with Crippen molar-refractivity contribution in [1.82, 2.24) is 0 Å². The van der Waals surface area contributed by atoms with Gasteiger partial charge in [-0.2, -0.15) is 0 Å². The summed E-state index contributed by atoms with van der Waals surface area (Å²) in [5, 5.41) is 1.37. The minimum atomic E-state index is -0.845. The van der Waals surface area contributed by atoms with E-state index in [1.165, 1.54) is 7.11 Å². The van der Waals surface area contributed by atoms with E-state index in [2.05, 4.69) is 0 Å². The van der Waals surface area contributed by atoms with Gasteiger partial charge in [0.1, 0.15) is 5.54 Å². The van der Waals surface area contributed by atoms with Crippen LogP contribution >= 0.6 is 35.0 Å². The third-order valence-electron chi connectivity index (χ3n) is 3.29. The van der Waals surface area contributed by atoms with Crippen molar-refractivity contribution in [2.24, 2.45) is 5.73 Å². The Morgan fingerprint density at radius 1 is 1.47 bits per heavy atom. The Labute approximate surface area is 126 Å². The molecule has 0 bridgehead atoms. The monoisotopic (exact) mass is 319 g/mol. The van der Waals surface area contributed by atoms with E-state index < -0.39 is 5.54 Å². The summed E-state index contributed by atoms with van der Waals surface area (Å²) >= 11 is 13.5. The molecule has 0 radical (unpaired) electrons. The van der Waals surface area contributed by atoms with Gasteiger partial charge in [0.15, 0.2) is 0 Å². The Hall–Kier alpha value is -0.420. The van der Waals surface area contributed by atoms with Crippen LogP contribution in [0.3, 0.4) is 0 Å². The lowest BCUT2D eigenvalue weighted by Crippen LogP contribution is -2.46. The molecule has 0 amide bonds. The molecule has 1 aliphatic rings. The Kier molecular flexibility index (Phi) is 4.66. The average Bonchev–Trinajstić information content (AvgIpc) is 2.76. The highest BCUT2D eigenvalue weighted by Crippen LogP contribution is 2.40. The lowest BCUT2D eigenvalue weighted by molar-refractivity contribution is -0.146. The van der Waals surface area contributed by atoms with Crippen molar-refractivity contribution in [1.29, 1.82) is 0 Å². The summed E-state index contributed by atoms with van der Waals surface area (Å²) in [6, 6.07) is 5.54. The second-order valence-corrected chi connectivity index (χ2v) is 6.89. The first kappa shape index (κ1) is 15.0. The minimum absolute atomic E-state index is 0.293. The van der Waals surface area contributed by atoms with Crippen LogP contribution in [0.25, 0.3) is 0 Å². The number of carbonyl (C=O) groups is 1. The molecule has 0 spiro atoms. The van der Waals surface area contributed by atoms with E-state index in [-0.39, 0.29) is 5.97 Å². The number of benzene rings is 1. The van der Waals surface area contributed by atoms with Crippen molar-refractivity contribution in [2.75, 3.05) is 7.11 Å². The third-order valence-corrected chi connectivity index (χ3v) is 5.29. The van der Waals surface area contributed by atoms with Crippen molar-refractivity contribution in [3.63, 3.8) is 0 Å². The van der Waals surface area contributed by atoms with Crippen LogP contribution in [0.15, 0.2) is 23.1 Å². The molecule has 3 nitrogen and oxygen atoms in total. The number of carbonyl (C=O) groups excluding carboxylic acids is 1. The average molecular weight is 320 g/mol. The van der Waals surface area contributed by atoms with E-state index in [1.54, 1.807) is 17.8 Å². The molecule has 104 valence electrons. The molecule has 0 saturated heterocycles.